The highest BCUT2D eigenvalue weighted by Gasteiger charge is 2.48. The van der Waals surface area contributed by atoms with Gasteiger partial charge in [-0.25, -0.2) is 0 Å². The lowest BCUT2D eigenvalue weighted by atomic mass is 10.1. The second-order valence-electron chi connectivity index (χ2n) is 4.57. The van der Waals surface area contributed by atoms with Crippen LogP contribution in [-0.2, 0) is 9.47 Å². The van der Waals surface area contributed by atoms with E-state index >= 15 is 0 Å². The van der Waals surface area contributed by atoms with Gasteiger partial charge in [0.05, 0.1) is 12.2 Å². The van der Waals surface area contributed by atoms with Crippen LogP contribution in [0.1, 0.15) is 46.5 Å². The summed E-state index contributed by atoms with van der Waals surface area (Å²) in [6, 6.07) is 0. The Bertz CT molecular complexity index is 181. The summed E-state index contributed by atoms with van der Waals surface area (Å²) >= 11 is 0. The van der Waals surface area contributed by atoms with Crippen LogP contribution in [0.25, 0.3) is 0 Å². The van der Waals surface area contributed by atoms with Gasteiger partial charge in [0, 0.05) is 12.8 Å². The fourth-order valence-electron chi connectivity index (χ4n) is 2.53. The lowest BCUT2D eigenvalue weighted by Gasteiger charge is -2.22. The van der Waals surface area contributed by atoms with Crippen molar-refractivity contribution in [2.24, 2.45) is 5.92 Å². The second kappa shape index (κ2) is 3.25. The minimum Gasteiger partial charge on any atom is -0.344 e. The molecule has 1 aliphatic carbocycles. The highest BCUT2D eigenvalue weighted by Crippen LogP contribution is 2.45. The van der Waals surface area contributed by atoms with E-state index in [1.54, 1.807) is 0 Å². The molecule has 0 aromatic heterocycles. The van der Waals surface area contributed by atoms with Gasteiger partial charge in [0.2, 0.25) is 0 Å². The molecular formula is C11H20O2. The van der Waals surface area contributed by atoms with Crippen LogP contribution in [0.4, 0.5) is 0 Å². The minimum absolute atomic E-state index is 0.195. The third-order valence-corrected chi connectivity index (χ3v) is 3.57. The van der Waals surface area contributed by atoms with E-state index in [1.807, 2.05) is 0 Å². The second-order valence-corrected chi connectivity index (χ2v) is 4.57. The molecule has 0 aromatic carbocycles. The van der Waals surface area contributed by atoms with Crippen LogP contribution in [0.15, 0.2) is 0 Å². The van der Waals surface area contributed by atoms with Crippen molar-refractivity contribution in [1.82, 2.24) is 0 Å². The first-order chi connectivity index (χ1) is 6.15. The summed E-state index contributed by atoms with van der Waals surface area (Å²) in [6.07, 6.45) is 5.29. The van der Waals surface area contributed by atoms with Crippen LogP contribution in [0.3, 0.4) is 0 Å². The van der Waals surface area contributed by atoms with Crippen molar-refractivity contribution in [2.75, 3.05) is 0 Å². The van der Waals surface area contributed by atoms with Gasteiger partial charge in [0.25, 0.3) is 0 Å². The first-order valence-electron chi connectivity index (χ1n) is 5.51. The molecule has 2 heteroatoms. The molecule has 0 radical (unpaired) electrons. The van der Waals surface area contributed by atoms with Crippen molar-refractivity contribution < 1.29 is 9.47 Å². The predicted octanol–water partition coefficient (Wildman–Crippen LogP) is 2.72. The number of hydrogen-bond donors (Lipinski definition) is 0. The van der Waals surface area contributed by atoms with Gasteiger partial charge in [-0.3, -0.25) is 0 Å². The quantitative estimate of drug-likeness (QED) is 0.624. The molecule has 2 nitrogen and oxygen atoms in total. The van der Waals surface area contributed by atoms with Crippen molar-refractivity contribution in [1.29, 1.82) is 0 Å². The summed E-state index contributed by atoms with van der Waals surface area (Å²) in [5.74, 6) is 0.622. The standard InChI is InChI=1S/C11H20O2/c1-4-10-5-6-11(7-10)12-8(2)9(3)13-11/h8-10H,4-7H2,1-3H3/t8-,9-,10+/m1/s1. The van der Waals surface area contributed by atoms with Gasteiger partial charge in [0.15, 0.2) is 5.79 Å². The maximum absolute atomic E-state index is 5.93. The third-order valence-electron chi connectivity index (χ3n) is 3.57. The molecule has 2 aliphatic rings. The smallest absolute Gasteiger partial charge is 0.169 e. The molecule has 1 heterocycles. The first-order valence-corrected chi connectivity index (χ1v) is 5.51. The predicted molar refractivity (Wildman–Crippen MR) is 51.5 cm³/mol. The summed E-state index contributed by atoms with van der Waals surface area (Å²) in [6.45, 7) is 6.48. The van der Waals surface area contributed by atoms with Gasteiger partial charge < -0.3 is 9.47 Å². The molecule has 1 saturated heterocycles. The first kappa shape index (κ1) is 9.47. The lowest BCUT2D eigenvalue weighted by Crippen LogP contribution is -2.27. The molecular weight excluding hydrogens is 164 g/mol. The van der Waals surface area contributed by atoms with Crippen LogP contribution in [0.5, 0.6) is 0 Å². The van der Waals surface area contributed by atoms with E-state index in [9.17, 15) is 0 Å². The van der Waals surface area contributed by atoms with Crippen LogP contribution >= 0.6 is 0 Å². The van der Waals surface area contributed by atoms with Crippen molar-refractivity contribution in [3.63, 3.8) is 0 Å². The van der Waals surface area contributed by atoms with Crippen LogP contribution in [0, 0.1) is 5.92 Å². The lowest BCUT2D eigenvalue weighted by molar-refractivity contribution is -0.169. The Balaban J connectivity index is 2.00. The Morgan fingerprint density at radius 1 is 1.23 bits per heavy atom. The maximum atomic E-state index is 5.93. The van der Waals surface area contributed by atoms with E-state index in [0.717, 1.165) is 18.8 Å². The SMILES string of the molecule is CC[C@H]1CCC2(C1)O[C@H](C)[C@@H](C)O2. The molecule has 2 fully saturated rings. The molecule has 1 spiro atoms. The summed E-state index contributed by atoms with van der Waals surface area (Å²) in [4.78, 5) is 0. The van der Waals surface area contributed by atoms with Crippen molar-refractivity contribution in [3.05, 3.63) is 0 Å². The molecule has 2 rings (SSSR count). The number of rotatable bonds is 1. The van der Waals surface area contributed by atoms with Gasteiger partial charge >= 0.3 is 0 Å². The molecule has 1 aliphatic heterocycles. The van der Waals surface area contributed by atoms with E-state index in [4.69, 9.17) is 9.47 Å². The van der Waals surface area contributed by atoms with Gasteiger partial charge in [-0.05, 0) is 26.2 Å². The molecule has 0 bridgehead atoms. The average molecular weight is 184 g/mol. The van der Waals surface area contributed by atoms with Crippen LogP contribution in [-0.4, -0.2) is 18.0 Å². The zero-order chi connectivity index (χ0) is 9.47. The van der Waals surface area contributed by atoms with E-state index in [-0.39, 0.29) is 18.0 Å². The minimum atomic E-state index is -0.195. The zero-order valence-corrected chi connectivity index (χ0v) is 8.88. The van der Waals surface area contributed by atoms with E-state index < -0.39 is 0 Å². The summed E-state index contributed by atoms with van der Waals surface area (Å²) in [5, 5.41) is 0. The Morgan fingerprint density at radius 2 is 1.85 bits per heavy atom. The fourth-order valence-corrected chi connectivity index (χ4v) is 2.53. The van der Waals surface area contributed by atoms with Crippen LogP contribution in [0.2, 0.25) is 0 Å². The Hall–Kier alpha value is -0.0800. The highest BCUT2D eigenvalue weighted by molar-refractivity contribution is 4.89. The monoisotopic (exact) mass is 184 g/mol. The number of ether oxygens (including phenoxy) is 2. The Morgan fingerprint density at radius 3 is 2.31 bits per heavy atom. The number of hydrogen-bond acceptors (Lipinski definition) is 2. The van der Waals surface area contributed by atoms with Crippen molar-refractivity contribution in [3.8, 4) is 0 Å². The topological polar surface area (TPSA) is 18.5 Å². The largest absolute Gasteiger partial charge is 0.344 e. The maximum Gasteiger partial charge on any atom is 0.169 e. The van der Waals surface area contributed by atoms with E-state index in [1.165, 1.54) is 12.8 Å². The van der Waals surface area contributed by atoms with Gasteiger partial charge in [-0.1, -0.05) is 13.3 Å². The highest BCUT2D eigenvalue weighted by atomic mass is 16.8. The van der Waals surface area contributed by atoms with Gasteiger partial charge in [-0.15, -0.1) is 0 Å². The molecule has 0 amide bonds. The molecule has 1 saturated carbocycles. The molecule has 0 N–H and O–H groups in total. The average Bonchev–Trinajstić information content (AvgIpc) is 2.59. The van der Waals surface area contributed by atoms with Crippen molar-refractivity contribution >= 4 is 0 Å². The Labute approximate surface area is 80.6 Å². The summed E-state index contributed by atoms with van der Waals surface area (Å²) < 4.78 is 11.9. The molecule has 76 valence electrons. The molecule has 13 heavy (non-hydrogen) atoms. The van der Waals surface area contributed by atoms with E-state index in [2.05, 4.69) is 20.8 Å². The Kier molecular flexibility index (Phi) is 2.37. The molecule has 0 unspecified atom stereocenters. The fraction of sp³-hybridized carbons (Fsp3) is 1.00. The third kappa shape index (κ3) is 1.62. The molecule has 3 atom stereocenters. The summed E-state index contributed by atoms with van der Waals surface area (Å²) in [5.41, 5.74) is 0. The van der Waals surface area contributed by atoms with Gasteiger partial charge in [0.1, 0.15) is 0 Å². The normalized spacial score (nSPS) is 43.2. The van der Waals surface area contributed by atoms with Gasteiger partial charge in [-0.2, -0.15) is 0 Å². The van der Waals surface area contributed by atoms with Crippen molar-refractivity contribution in [2.45, 2.75) is 64.4 Å². The zero-order valence-electron chi connectivity index (χ0n) is 8.88. The van der Waals surface area contributed by atoms with E-state index in [0.29, 0.717) is 0 Å². The molecule has 0 aromatic rings. The van der Waals surface area contributed by atoms with Crippen LogP contribution < -0.4 is 0 Å². The summed E-state index contributed by atoms with van der Waals surface area (Å²) in [7, 11) is 0.